The molecular formula is C12H12F2N4. The number of hydrogen-bond donors (Lipinski definition) is 0. The van der Waals surface area contributed by atoms with Crippen LogP contribution in [-0.2, 0) is 5.41 Å². The van der Waals surface area contributed by atoms with Gasteiger partial charge in [-0.3, -0.25) is 4.40 Å². The Hall–Kier alpha value is -2.03. The van der Waals surface area contributed by atoms with E-state index in [-0.39, 0.29) is 11.1 Å². The van der Waals surface area contributed by atoms with Crippen LogP contribution in [-0.4, -0.2) is 14.4 Å². The van der Waals surface area contributed by atoms with Gasteiger partial charge in [0.1, 0.15) is 29.4 Å². The molecule has 0 atom stereocenters. The quantitative estimate of drug-likeness (QED) is 0.782. The highest BCUT2D eigenvalue weighted by Crippen LogP contribution is 2.26. The van der Waals surface area contributed by atoms with Crippen LogP contribution in [0.5, 0.6) is 0 Å². The number of aromatic nitrogens is 3. The van der Waals surface area contributed by atoms with Crippen molar-refractivity contribution in [1.29, 1.82) is 5.26 Å². The van der Waals surface area contributed by atoms with Crippen LogP contribution in [0.3, 0.4) is 0 Å². The van der Waals surface area contributed by atoms with Crippen molar-refractivity contribution in [1.82, 2.24) is 14.4 Å². The molecule has 2 aromatic rings. The Balaban J connectivity index is 2.74. The summed E-state index contributed by atoms with van der Waals surface area (Å²) in [6.45, 7) is 5.74. The first kappa shape index (κ1) is 12.4. The second-order valence-electron chi connectivity index (χ2n) is 5.01. The zero-order valence-electron chi connectivity index (χ0n) is 10.3. The number of nitrogens with zero attached hydrogens (tertiary/aromatic N) is 4. The molecule has 6 heteroatoms. The van der Waals surface area contributed by atoms with E-state index in [0.29, 0.717) is 17.0 Å². The van der Waals surface area contributed by atoms with Gasteiger partial charge in [0.15, 0.2) is 0 Å². The average molecular weight is 250 g/mol. The van der Waals surface area contributed by atoms with E-state index in [1.54, 1.807) is 0 Å². The summed E-state index contributed by atoms with van der Waals surface area (Å²) >= 11 is 0. The smallest absolute Gasteiger partial charge is 0.274 e. The standard InChI is InChI=1S/C12H12F2N4/c1-12(2,3)10-8(5-15)18-6-16-7(11(13)14)4-9(18)17-10/h4,6,11H,1-3H3. The summed E-state index contributed by atoms with van der Waals surface area (Å²) in [5.41, 5.74) is 0.575. The molecule has 0 aliphatic carbocycles. The van der Waals surface area contributed by atoms with Crippen LogP contribution in [0, 0.1) is 11.3 Å². The molecule has 0 amide bonds. The Morgan fingerprint density at radius 3 is 2.56 bits per heavy atom. The van der Waals surface area contributed by atoms with Crippen LogP contribution in [0.4, 0.5) is 8.78 Å². The van der Waals surface area contributed by atoms with Gasteiger partial charge in [-0.2, -0.15) is 5.26 Å². The Morgan fingerprint density at radius 1 is 1.39 bits per heavy atom. The van der Waals surface area contributed by atoms with Crippen molar-refractivity contribution in [2.24, 2.45) is 0 Å². The predicted octanol–water partition coefficient (Wildman–Crippen LogP) is 2.84. The van der Waals surface area contributed by atoms with Crippen LogP contribution in [0.1, 0.15) is 44.3 Å². The number of hydrogen-bond acceptors (Lipinski definition) is 3. The third kappa shape index (κ3) is 1.92. The van der Waals surface area contributed by atoms with Crippen molar-refractivity contribution in [3.63, 3.8) is 0 Å². The highest BCUT2D eigenvalue weighted by molar-refractivity contribution is 5.49. The van der Waals surface area contributed by atoms with Crippen molar-refractivity contribution in [2.45, 2.75) is 32.6 Å². The maximum atomic E-state index is 12.6. The summed E-state index contributed by atoms with van der Waals surface area (Å²) in [7, 11) is 0. The summed E-state index contributed by atoms with van der Waals surface area (Å²) in [5, 5.41) is 9.16. The second kappa shape index (κ2) is 4.02. The first-order chi connectivity index (χ1) is 8.34. The van der Waals surface area contributed by atoms with E-state index in [1.165, 1.54) is 16.8 Å². The maximum Gasteiger partial charge on any atom is 0.280 e. The van der Waals surface area contributed by atoms with Gasteiger partial charge in [-0.05, 0) is 0 Å². The van der Waals surface area contributed by atoms with Gasteiger partial charge in [-0.15, -0.1) is 0 Å². The fraction of sp³-hybridized carbons (Fsp3) is 0.417. The third-order valence-electron chi connectivity index (χ3n) is 2.58. The SMILES string of the molecule is CC(C)(C)c1nc2cc(C(F)F)ncn2c1C#N. The Morgan fingerprint density at radius 2 is 2.06 bits per heavy atom. The lowest BCUT2D eigenvalue weighted by Crippen LogP contribution is -2.13. The summed E-state index contributed by atoms with van der Waals surface area (Å²) in [4.78, 5) is 7.90. The van der Waals surface area contributed by atoms with Crippen molar-refractivity contribution >= 4 is 5.65 Å². The zero-order chi connectivity index (χ0) is 13.5. The van der Waals surface area contributed by atoms with Gasteiger partial charge in [0.25, 0.3) is 6.43 Å². The molecule has 0 saturated heterocycles. The molecule has 0 unspecified atom stereocenters. The van der Waals surface area contributed by atoms with Crippen LogP contribution < -0.4 is 0 Å². The third-order valence-corrected chi connectivity index (χ3v) is 2.58. The van der Waals surface area contributed by atoms with E-state index in [4.69, 9.17) is 5.26 Å². The van der Waals surface area contributed by atoms with E-state index in [1.807, 2.05) is 26.8 Å². The fourth-order valence-electron chi connectivity index (χ4n) is 1.71. The lowest BCUT2D eigenvalue weighted by molar-refractivity contribution is 0.146. The molecule has 2 rings (SSSR count). The molecule has 2 heterocycles. The minimum Gasteiger partial charge on any atom is -0.274 e. The first-order valence-electron chi connectivity index (χ1n) is 5.41. The molecule has 0 radical (unpaired) electrons. The molecule has 0 spiro atoms. The Bertz CT molecular complexity index is 632. The van der Waals surface area contributed by atoms with E-state index in [2.05, 4.69) is 9.97 Å². The molecule has 0 bridgehead atoms. The first-order valence-corrected chi connectivity index (χ1v) is 5.41. The van der Waals surface area contributed by atoms with Gasteiger partial charge in [0, 0.05) is 11.5 Å². The molecule has 18 heavy (non-hydrogen) atoms. The lowest BCUT2D eigenvalue weighted by Gasteiger charge is -2.14. The molecule has 0 saturated carbocycles. The van der Waals surface area contributed by atoms with Gasteiger partial charge in [-0.25, -0.2) is 18.7 Å². The molecule has 0 aromatic carbocycles. The topological polar surface area (TPSA) is 54.0 Å². The van der Waals surface area contributed by atoms with Gasteiger partial charge in [-0.1, -0.05) is 20.8 Å². The van der Waals surface area contributed by atoms with Gasteiger partial charge in [0.05, 0.1) is 5.69 Å². The van der Waals surface area contributed by atoms with Crippen LogP contribution in [0.2, 0.25) is 0 Å². The van der Waals surface area contributed by atoms with E-state index in [9.17, 15) is 8.78 Å². The minimum absolute atomic E-state index is 0.321. The molecular weight excluding hydrogens is 238 g/mol. The second-order valence-corrected chi connectivity index (χ2v) is 5.01. The number of imidazole rings is 1. The van der Waals surface area contributed by atoms with Crippen molar-refractivity contribution in [2.75, 3.05) is 0 Å². The molecule has 0 aliphatic rings. The fourth-order valence-corrected chi connectivity index (χ4v) is 1.71. The average Bonchev–Trinajstić information content (AvgIpc) is 2.65. The summed E-state index contributed by atoms with van der Waals surface area (Å²) in [6, 6.07) is 3.26. The highest BCUT2D eigenvalue weighted by Gasteiger charge is 2.24. The molecule has 0 N–H and O–H groups in total. The molecule has 0 aliphatic heterocycles. The highest BCUT2D eigenvalue weighted by atomic mass is 19.3. The predicted molar refractivity (Wildman–Crippen MR) is 61.4 cm³/mol. The summed E-state index contributed by atoms with van der Waals surface area (Å²) in [5.74, 6) is 0. The summed E-state index contributed by atoms with van der Waals surface area (Å²) < 4.78 is 26.5. The van der Waals surface area contributed by atoms with Crippen molar-refractivity contribution in [3.05, 3.63) is 29.5 Å². The number of alkyl halides is 2. The maximum absolute atomic E-state index is 12.6. The zero-order valence-corrected chi connectivity index (χ0v) is 10.3. The number of fused-ring (bicyclic) bond motifs is 1. The van der Waals surface area contributed by atoms with Gasteiger partial charge < -0.3 is 0 Å². The van der Waals surface area contributed by atoms with Gasteiger partial charge in [0.2, 0.25) is 0 Å². The number of rotatable bonds is 1. The molecule has 94 valence electrons. The van der Waals surface area contributed by atoms with Gasteiger partial charge >= 0.3 is 0 Å². The van der Waals surface area contributed by atoms with Crippen molar-refractivity contribution < 1.29 is 8.78 Å². The lowest BCUT2D eigenvalue weighted by atomic mass is 9.91. The van der Waals surface area contributed by atoms with E-state index in [0.717, 1.165) is 0 Å². The normalized spacial score (nSPS) is 12.1. The number of halogens is 2. The van der Waals surface area contributed by atoms with E-state index >= 15 is 0 Å². The largest absolute Gasteiger partial charge is 0.280 e. The Labute approximate surface area is 103 Å². The number of nitriles is 1. The Kier molecular flexibility index (Phi) is 2.77. The van der Waals surface area contributed by atoms with Crippen molar-refractivity contribution in [3.8, 4) is 6.07 Å². The molecule has 0 fully saturated rings. The van der Waals surface area contributed by atoms with E-state index < -0.39 is 6.43 Å². The minimum atomic E-state index is -2.64. The monoisotopic (exact) mass is 250 g/mol. The summed E-state index contributed by atoms with van der Waals surface area (Å²) in [6.07, 6.45) is -1.42. The van der Waals surface area contributed by atoms with Crippen LogP contribution >= 0.6 is 0 Å². The van der Waals surface area contributed by atoms with Crippen LogP contribution in [0.15, 0.2) is 12.4 Å². The molecule has 2 aromatic heterocycles. The molecule has 4 nitrogen and oxygen atoms in total. The van der Waals surface area contributed by atoms with Crippen LogP contribution in [0.25, 0.3) is 5.65 Å².